The van der Waals surface area contributed by atoms with Crippen LogP contribution in [0.1, 0.15) is 34.3 Å². The topological polar surface area (TPSA) is 100 Å². The molecule has 0 aliphatic carbocycles. The number of aryl methyl sites for hydroxylation is 1. The van der Waals surface area contributed by atoms with Crippen molar-refractivity contribution in [2.75, 3.05) is 0 Å². The molecule has 1 atom stereocenters. The molecule has 0 fully saturated rings. The molecule has 0 bridgehead atoms. The van der Waals surface area contributed by atoms with E-state index < -0.39 is 6.04 Å². The molecule has 0 saturated heterocycles. The molecule has 112 valence electrons. The summed E-state index contributed by atoms with van der Waals surface area (Å²) in [5.41, 5.74) is 5.73. The number of halogens is 1. The number of aliphatic hydroxyl groups excluding tert-OH is 1. The summed E-state index contributed by atoms with van der Waals surface area (Å²) in [6.45, 7) is 1.77. The SMILES string of the molecule is Cc1ncc(CO)c(C2NOCc3nccnc32)c1O.Cl. The maximum atomic E-state index is 10.3. The monoisotopic (exact) mass is 310 g/mol. The van der Waals surface area contributed by atoms with Crippen LogP contribution >= 0.6 is 12.4 Å². The van der Waals surface area contributed by atoms with Crippen LogP contribution < -0.4 is 5.48 Å². The number of hydroxylamine groups is 1. The molecule has 21 heavy (non-hydrogen) atoms. The van der Waals surface area contributed by atoms with E-state index in [2.05, 4.69) is 20.4 Å². The van der Waals surface area contributed by atoms with Crippen LogP contribution in [0.4, 0.5) is 0 Å². The molecule has 8 heteroatoms. The van der Waals surface area contributed by atoms with E-state index >= 15 is 0 Å². The largest absolute Gasteiger partial charge is 0.506 e. The maximum absolute atomic E-state index is 10.3. The van der Waals surface area contributed by atoms with Gasteiger partial charge >= 0.3 is 0 Å². The first-order valence-corrected chi connectivity index (χ1v) is 6.17. The first-order valence-electron chi connectivity index (χ1n) is 6.17. The molecule has 0 aromatic carbocycles. The Balaban J connectivity index is 0.00000161. The number of hydrogen-bond donors (Lipinski definition) is 3. The molecule has 0 radical (unpaired) electrons. The van der Waals surface area contributed by atoms with Gasteiger partial charge < -0.3 is 10.2 Å². The summed E-state index contributed by atoms with van der Waals surface area (Å²) in [6.07, 6.45) is 4.72. The fourth-order valence-corrected chi connectivity index (χ4v) is 2.28. The normalized spacial score (nSPS) is 17.0. The van der Waals surface area contributed by atoms with Gasteiger partial charge in [-0.2, -0.15) is 5.48 Å². The highest BCUT2D eigenvalue weighted by atomic mass is 35.5. The highest BCUT2D eigenvalue weighted by Gasteiger charge is 2.29. The molecule has 0 amide bonds. The highest BCUT2D eigenvalue weighted by molar-refractivity contribution is 5.85. The number of rotatable bonds is 2. The van der Waals surface area contributed by atoms with Crippen molar-refractivity contribution >= 4 is 12.4 Å². The summed E-state index contributed by atoms with van der Waals surface area (Å²) < 4.78 is 0. The second-order valence-electron chi connectivity index (χ2n) is 4.52. The molecule has 1 unspecified atom stereocenters. The molecule has 3 heterocycles. The van der Waals surface area contributed by atoms with Crippen LogP contribution in [-0.4, -0.2) is 25.2 Å². The number of aromatic nitrogens is 3. The van der Waals surface area contributed by atoms with Gasteiger partial charge in [0.15, 0.2) is 0 Å². The van der Waals surface area contributed by atoms with Gasteiger partial charge in [0.2, 0.25) is 0 Å². The summed E-state index contributed by atoms with van der Waals surface area (Å²) in [6, 6.07) is -0.490. The van der Waals surface area contributed by atoms with E-state index in [1.165, 1.54) is 6.20 Å². The number of fused-ring (bicyclic) bond motifs is 1. The number of pyridine rings is 1. The lowest BCUT2D eigenvalue weighted by atomic mass is 9.96. The standard InChI is InChI=1S/C13H14N4O3.ClH/c1-7-13(19)10(8(5-18)4-16-7)12-11-9(6-20-17-12)14-2-3-15-11;/h2-4,12,17-19H,5-6H2,1H3;1H. The van der Waals surface area contributed by atoms with E-state index in [-0.39, 0.29) is 24.8 Å². The third kappa shape index (κ3) is 2.68. The van der Waals surface area contributed by atoms with E-state index in [1.807, 2.05) is 0 Å². The van der Waals surface area contributed by atoms with Gasteiger partial charge in [-0.3, -0.25) is 19.8 Å². The van der Waals surface area contributed by atoms with Gasteiger partial charge in [0.1, 0.15) is 18.4 Å². The van der Waals surface area contributed by atoms with Gasteiger partial charge in [-0.25, -0.2) is 0 Å². The lowest BCUT2D eigenvalue weighted by Crippen LogP contribution is -2.31. The van der Waals surface area contributed by atoms with Crippen LogP contribution in [0, 0.1) is 6.92 Å². The minimum atomic E-state index is -0.490. The van der Waals surface area contributed by atoms with E-state index in [9.17, 15) is 10.2 Å². The first kappa shape index (κ1) is 15.6. The van der Waals surface area contributed by atoms with Crippen LogP contribution in [0.15, 0.2) is 18.6 Å². The molecule has 3 N–H and O–H groups in total. The van der Waals surface area contributed by atoms with Crippen LogP contribution in [0.2, 0.25) is 0 Å². The second-order valence-corrected chi connectivity index (χ2v) is 4.52. The Kier molecular flexibility index (Phi) is 4.69. The molecule has 7 nitrogen and oxygen atoms in total. The van der Waals surface area contributed by atoms with Gasteiger partial charge in [-0.15, -0.1) is 12.4 Å². The zero-order valence-electron chi connectivity index (χ0n) is 11.3. The number of aliphatic hydroxyl groups is 1. The third-order valence-corrected chi connectivity index (χ3v) is 3.31. The summed E-state index contributed by atoms with van der Waals surface area (Å²) in [5.74, 6) is 0.0242. The van der Waals surface area contributed by atoms with Crippen molar-refractivity contribution < 1.29 is 15.1 Å². The fourth-order valence-electron chi connectivity index (χ4n) is 2.28. The quantitative estimate of drug-likeness (QED) is 0.758. The molecule has 0 saturated carbocycles. The lowest BCUT2D eigenvalue weighted by molar-refractivity contribution is -0.00713. The van der Waals surface area contributed by atoms with Crippen LogP contribution in [0.5, 0.6) is 5.75 Å². The van der Waals surface area contributed by atoms with E-state index in [0.29, 0.717) is 34.8 Å². The van der Waals surface area contributed by atoms with E-state index in [1.54, 1.807) is 19.3 Å². The van der Waals surface area contributed by atoms with Gasteiger partial charge in [0.05, 0.1) is 23.7 Å². The Morgan fingerprint density at radius 1 is 1.33 bits per heavy atom. The van der Waals surface area contributed by atoms with Crippen molar-refractivity contribution in [3.05, 3.63) is 46.8 Å². The van der Waals surface area contributed by atoms with Gasteiger partial charge in [0.25, 0.3) is 0 Å². The molecule has 1 aliphatic heterocycles. The number of nitrogens with zero attached hydrogens (tertiary/aromatic N) is 3. The predicted molar refractivity (Wildman–Crippen MR) is 75.6 cm³/mol. The summed E-state index contributed by atoms with van der Waals surface area (Å²) >= 11 is 0. The third-order valence-electron chi connectivity index (χ3n) is 3.31. The van der Waals surface area contributed by atoms with Crippen LogP contribution in [0.25, 0.3) is 0 Å². The Labute approximate surface area is 127 Å². The van der Waals surface area contributed by atoms with Crippen LogP contribution in [0.3, 0.4) is 0 Å². The molecule has 2 aromatic heterocycles. The number of aromatic hydroxyl groups is 1. The Morgan fingerprint density at radius 2 is 2.10 bits per heavy atom. The number of hydrogen-bond acceptors (Lipinski definition) is 7. The average Bonchev–Trinajstić information content (AvgIpc) is 2.49. The second kappa shape index (κ2) is 6.31. The molecule has 3 rings (SSSR count). The molecule has 0 spiro atoms. The predicted octanol–water partition coefficient (Wildman–Crippen LogP) is 0.924. The van der Waals surface area contributed by atoms with E-state index in [0.717, 1.165) is 0 Å². The van der Waals surface area contributed by atoms with Crippen molar-refractivity contribution in [2.24, 2.45) is 0 Å². The van der Waals surface area contributed by atoms with Crippen molar-refractivity contribution in [1.29, 1.82) is 0 Å². The molecule has 1 aliphatic rings. The van der Waals surface area contributed by atoms with Crippen LogP contribution in [-0.2, 0) is 18.1 Å². The smallest absolute Gasteiger partial charge is 0.142 e. The van der Waals surface area contributed by atoms with Gasteiger partial charge in [0, 0.05) is 29.7 Å². The van der Waals surface area contributed by atoms with Gasteiger partial charge in [-0.1, -0.05) is 0 Å². The Bertz CT molecular complexity index is 653. The minimum Gasteiger partial charge on any atom is -0.506 e. The summed E-state index contributed by atoms with van der Waals surface area (Å²) in [4.78, 5) is 17.9. The number of nitrogens with one attached hydrogen (secondary N) is 1. The lowest BCUT2D eigenvalue weighted by Gasteiger charge is -2.27. The fraction of sp³-hybridized carbons (Fsp3) is 0.308. The zero-order valence-corrected chi connectivity index (χ0v) is 12.1. The van der Waals surface area contributed by atoms with Crippen molar-refractivity contribution in [3.8, 4) is 5.75 Å². The zero-order chi connectivity index (χ0) is 14.1. The Morgan fingerprint density at radius 3 is 2.86 bits per heavy atom. The Hall–Kier alpha value is -1.80. The van der Waals surface area contributed by atoms with Crippen molar-refractivity contribution in [2.45, 2.75) is 26.2 Å². The first-order chi connectivity index (χ1) is 9.72. The van der Waals surface area contributed by atoms with Crippen molar-refractivity contribution in [3.63, 3.8) is 0 Å². The molecular weight excluding hydrogens is 296 g/mol. The minimum absolute atomic E-state index is 0. The molecule has 2 aromatic rings. The van der Waals surface area contributed by atoms with Gasteiger partial charge in [-0.05, 0) is 6.92 Å². The summed E-state index contributed by atoms with van der Waals surface area (Å²) in [5, 5.41) is 19.7. The van der Waals surface area contributed by atoms with Crippen molar-refractivity contribution in [1.82, 2.24) is 20.4 Å². The highest BCUT2D eigenvalue weighted by Crippen LogP contribution is 2.35. The molecular formula is C13H15ClN4O3. The van der Waals surface area contributed by atoms with E-state index in [4.69, 9.17) is 4.84 Å². The maximum Gasteiger partial charge on any atom is 0.142 e. The average molecular weight is 311 g/mol. The summed E-state index contributed by atoms with van der Waals surface area (Å²) in [7, 11) is 0.